The lowest BCUT2D eigenvalue weighted by molar-refractivity contribution is 0.399. The van der Waals surface area contributed by atoms with Gasteiger partial charge in [-0.15, -0.1) is 0 Å². The molecular formula is C11H19N5. The number of anilines is 3. The third kappa shape index (κ3) is 2.55. The van der Waals surface area contributed by atoms with Gasteiger partial charge in [0.15, 0.2) is 0 Å². The molecule has 1 aromatic heterocycles. The lowest BCUT2D eigenvalue weighted by atomic mass is 10.1. The summed E-state index contributed by atoms with van der Waals surface area (Å²) in [5.41, 5.74) is 11.8. The van der Waals surface area contributed by atoms with Gasteiger partial charge in [-0.05, 0) is 38.1 Å². The van der Waals surface area contributed by atoms with Crippen LogP contribution in [0.15, 0.2) is 12.1 Å². The maximum Gasteiger partial charge on any atom is 0.149 e. The van der Waals surface area contributed by atoms with E-state index < -0.39 is 0 Å². The molecule has 88 valence electrons. The first-order valence-corrected chi connectivity index (χ1v) is 5.59. The zero-order valence-electron chi connectivity index (χ0n) is 9.61. The Morgan fingerprint density at radius 2 is 2.31 bits per heavy atom. The van der Waals surface area contributed by atoms with Gasteiger partial charge < -0.3 is 21.7 Å². The predicted molar refractivity (Wildman–Crippen MR) is 67.2 cm³/mol. The van der Waals surface area contributed by atoms with Crippen molar-refractivity contribution in [2.45, 2.75) is 6.42 Å². The number of likely N-dealkylation sites (tertiary alicyclic amines) is 1. The second-order valence-corrected chi connectivity index (χ2v) is 4.47. The first kappa shape index (κ1) is 11.0. The summed E-state index contributed by atoms with van der Waals surface area (Å²) >= 11 is 0. The van der Waals surface area contributed by atoms with Crippen LogP contribution in [0.25, 0.3) is 0 Å². The molecule has 5 N–H and O–H groups in total. The summed E-state index contributed by atoms with van der Waals surface area (Å²) in [6, 6.07) is 3.65. The molecule has 1 saturated heterocycles. The molecule has 0 amide bonds. The standard InChI is InChI=1S/C11H19N5/c1-16-5-4-8(7-16)6-14-10-3-2-9(12)11(13)15-10/h2-3,8H,4-7,12H2,1H3,(H3,13,14,15). The van der Waals surface area contributed by atoms with Crippen LogP contribution in [0, 0.1) is 5.92 Å². The van der Waals surface area contributed by atoms with Crippen molar-refractivity contribution in [2.24, 2.45) is 5.92 Å². The SMILES string of the molecule is CN1CCC(CNc2ccc(N)c(N)n2)C1. The molecule has 2 heterocycles. The van der Waals surface area contributed by atoms with Crippen LogP contribution in [0.5, 0.6) is 0 Å². The molecule has 1 aromatic rings. The van der Waals surface area contributed by atoms with E-state index in [1.54, 1.807) is 6.07 Å². The van der Waals surface area contributed by atoms with Crippen molar-refractivity contribution in [3.8, 4) is 0 Å². The number of nitrogens with two attached hydrogens (primary N) is 2. The maximum absolute atomic E-state index is 5.64. The van der Waals surface area contributed by atoms with Crippen molar-refractivity contribution in [3.63, 3.8) is 0 Å². The fraction of sp³-hybridized carbons (Fsp3) is 0.545. The number of nitrogens with zero attached hydrogens (tertiary/aromatic N) is 2. The Bertz CT molecular complexity index is 365. The highest BCUT2D eigenvalue weighted by Gasteiger charge is 2.18. The Labute approximate surface area is 95.8 Å². The van der Waals surface area contributed by atoms with Crippen LogP contribution in [0.2, 0.25) is 0 Å². The first-order valence-electron chi connectivity index (χ1n) is 5.59. The molecule has 1 aliphatic heterocycles. The van der Waals surface area contributed by atoms with Crippen molar-refractivity contribution < 1.29 is 0 Å². The topological polar surface area (TPSA) is 80.2 Å². The molecule has 1 aliphatic rings. The van der Waals surface area contributed by atoms with E-state index in [0.29, 0.717) is 17.4 Å². The molecule has 2 rings (SSSR count). The van der Waals surface area contributed by atoms with Gasteiger partial charge in [-0.1, -0.05) is 0 Å². The molecule has 1 atom stereocenters. The molecule has 5 nitrogen and oxygen atoms in total. The summed E-state index contributed by atoms with van der Waals surface area (Å²) in [6.45, 7) is 3.28. The molecule has 0 saturated carbocycles. The summed E-state index contributed by atoms with van der Waals surface area (Å²) in [5.74, 6) is 1.90. The van der Waals surface area contributed by atoms with Crippen LogP contribution in [-0.2, 0) is 0 Å². The average molecular weight is 221 g/mol. The third-order valence-corrected chi connectivity index (χ3v) is 3.02. The Morgan fingerprint density at radius 1 is 1.50 bits per heavy atom. The van der Waals surface area contributed by atoms with Crippen molar-refractivity contribution in [1.82, 2.24) is 9.88 Å². The van der Waals surface area contributed by atoms with Crippen LogP contribution in [0.4, 0.5) is 17.3 Å². The van der Waals surface area contributed by atoms with Crippen molar-refractivity contribution in [3.05, 3.63) is 12.1 Å². The number of hydrogen-bond acceptors (Lipinski definition) is 5. The molecule has 0 radical (unpaired) electrons. The number of nitrogen functional groups attached to an aromatic ring is 2. The normalized spacial score (nSPS) is 21.2. The van der Waals surface area contributed by atoms with Gasteiger partial charge in [-0.3, -0.25) is 0 Å². The van der Waals surface area contributed by atoms with E-state index >= 15 is 0 Å². The highest BCUT2D eigenvalue weighted by molar-refractivity contribution is 5.61. The van der Waals surface area contributed by atoms with Crippen LogP contribution < -0.4 is 16.8 Å². The van der Waals surface area contributed by atoms with Gasteiger partial charge in [0.2, 0.25) is 0 Å². The second kappa shape index (κ2) is 4.57. The second-order valence-electron chi connectivity index (χ2n) is 4.47. The molecule has 16 heavy (non-hydrogen) atoms. The minimum atomic E-state index is 0.397. The van der Waals surface area contributed by atoms with Gasteiger partial charge in [0, 0.05) is 13.1 Å². The summed E-state index contributed by atoms with van der Waals surface area (Å²) in [7, 11) is 2.15. The molecule has 0 bridgehead atoms. The predicted octanol–water partition coefficient (Wildman–Crippen LogP) is 0.610. The van der Waals surface area contributed by atoms with Gasteiger partial charge in [0.05, 0.1) is 5.69 Å². The number of aromatic nitrogens is 1. The zero-order valence-corrected chi connectivity index (χ0v) is 9.61. The molecular weight excluding hydrogens is 202 g/mol. The van der Waals surface area contributed by atoms with E-state index in [-0.39, 0.29) is 0 Å². The number of nitrogens with one attached hydrogen (secondary N) is 1. The summed E-state index contributed by atoms with van der Waals surface area (Å²) in [6.07, 6.45) is 1.24. The quantitative estimate of drug-likeness (QED) is 0.697. The molecule has 0 aromatic carbocycles. The highest BCUT2D eigenvalue weighted by atomic mass is 15.1. The van der Waals surface area contributed by atoms with Crippen molar-refractivity contribution in [1.29, 1.82) is 0 Å². The van der Waals surface area contributed by atoms with Gasteiger partial charge in [-0.2, -0.15) is 0 Å². The Balaban J connectivity index is 1.87. The summed E-state index contributed by atoms with van der Waals surface area (Å²) in [4.78, 5) is 6.53. The van der Waals surface area contributed by atoms with Crippen molar-refractivity contribution >= 4 is 17.3 Å². The van der Waals surface area contributed by atoms with Gasteiger partial charge >= 0.3 is 0 Å². The van der Waals surface area contributed by atoms with Crippen LogP contribution in [0.3, 0.4) is 0 Å². The third-order valence-electron chi connectivity index (χ3n) is 3.02. The van der Waals surface area contributed by atoms with Crippen LogP contribution in [0.1, 0.15) is 6.42 Å². The van der Waals surface area contributed by atoms with E-state index in [1.807, 2.05) is 6.07 Å². The molecule has 5 heteroatoms. The Morgan fingerprint density at radius 3 is 2.94 bits per heavy atom. The molecule has 1 unspecified atom stereocenters. The van der Waals surface area contributed by atoms with Crippen molar-refractivity contribution in [2.75, 3.05) is 43.5 Å². The minimum Gasteiger partial charge on any atom is -0.396 e. The van der Waals surface area contributed by atoms with E-state index in [9.17, 15) is 0 Å². The number of rotatable bonds is 3. The van der Waals surface area contributed by atoms with Gasteiger partial charge in [0.25, 0.3) is 0 Å². The average Bonchev–Trinajstić information content (AvgIpc) is 2.66. The highest BCUT2D eigenvalue weighted by Crippen LogP contribution is 2.17. The lowest BCUT2D eigenvalue weighted by Gasteiger charge is -2.12. The summed E-state index contributed by atoms with van der Waals surface area (Å²) in [5, 5.41) is 3.30. The zero-order chi connectivity index (χ0) is 11.5. The van der Waals surface area contributed by atoms with E-state index in [4.69, 9.17) is 11.5 Å². The molecule has 0 spiro atoms. The number of hydrogen-bond donors (Lipinski definition) is 3. The first-order chi connectivity index (χ1) is 7.65. The largest absolute Gasteiger partial charge is 0.396 e. The molecule has 0 aliphatic carbocycles. The molecule has 1 fully saturated rings. The number of pyridine rings is 1. The van der Waals surface area contributed by atoms with Gasteiger partial charge in [-0.25, -0.2) is 4.98 Å². The lowest BCUT2D eigenvalue weighted by Crippen LogP contribution is -2.19. The summed E-state index contributed by atoms with van der Waals surface area (Å²) < 4.78 is 0. The van der Waals surface area contributed by atoms with E-state index in [2.05, 4.69) is 22.2 Å². The smallest absolute Gasteiger partial charge is 0.149 e. The van der Waals surface area contributed by atoms with E-state index in [1.165, 1.54) is 13.0 Å². The maximum atomic E-state index is 5.64. The Hall–Kier alpha value is -1.49. The fourth-order valence-corrected chi connectivity index (χ4v) is 2.03. The van der Waals surface area contributed by atoms with Crippen LogP contribution in [-0.4, -0.2) is 36.6 Å². The van der Waals surface area contributed by atoms with E-state index in [0.717, 1.165) is 18.9 Å². The van der Waals surface area contributed by atoms with Crippen LogP contribution >= 0.6 is 0 Å². The fourth-order valence-electron chi connectivity index (χ4n) is 2.03. The van der Waals surface area contributed by atoms with Gasteiger partial charge in [0.1, 0.15) is 11.6 Å². The Kier molecular flexibility index (Phi) is 3.14. The minimum absolute atomic E-state index is 0.397. The monoisotopic (exact) mass is 221 g/mol.